The first-order valence-electron chi connectivity index (χ1n) is 12.6. The van der Waals surface area contributed by atoms with E-state index in [4.69, 9.17) is 14.5 Å². The molecule has 0 aliphatic carbocycles. The van der Waals surface area contributed by atoms with E-state index >= 15 is 0 Å². The lowest BCUT2D eigenvalue weighted by atomic mass is 10.0. The van der Waals surface area contributed by atoms with Crippen molar-refractivity contribution in [3.8, 4) is 17.4 Å². The van der Waals surface area contributed by atoms with E-state index < -0.39 is 0 Å². The Morgan fingerprint density at radius 3 is 2.25 bits per heavy atom. The molecule has 1 heterocycles. The van der Waals surface area contributed by atoms with Gasteiger partial charge in [0.25, 0.3) is 0 Å². The summed E-state index contributed by atoms with van der Waals surface area (Å²) in [5.74, 6) is 1.94. The zero-order chi connectivity index (χ0) is 25.5. The Morgan fingerprint density at radius 1 is 0.944 bits per heavy atom. The predicted molar refractivity (Wildman–Crippen MR) is 147 cm³/mol. The molecule has 3 N–H and O–H groups in total. The molecule has 36 heavy (non-hydrogen) atoms. The Bertz CT molecular complexity index is 1310. The van der Waals surface area contributed by atoms with Crippen LogP contribution in [-0.2, 0) is 6.54 Å². The standard InChI is InChI=1S/C30H35N3O3/c1-5-35-26-16-24-25(17-27(26)36-6-2)33-30(34)28(24)29(22-10-8-7-9-11-22)32-23-14-12-21(13-15-23)19-31-18-20(3)4/h7-17,20,31,33-34H,5-6,18-19H2,1-4H3. The van der Waals surface area contributed by atoms with Crippen molar-refractivity contribution in [1.29, 1.82) is 0 Å². The second kappa shape index (κ2) is 11.8. The second-order valence-electron chi connectivity index (χ2n) is 9.08. The fourth-order valence-corrected chi connectivity index (χ4v) is 4.15. The lowest BCUT2D eigenvalue weighted by Gasteiger charge is -2.12. The second-order valence-corrected chi connectivity index (χ2v) is 9.08. The molecule has 0 aliphatic heterocycles. The SMILES string of the molecule is CCOc1cc2[nH]c(O)c(C(=Nc3ccc(CNCC(C)C)cc3)c3ccccc3)c2cc1OCC. The molecule has 0 atom stereocenters. The van der Waals surface area contributed by atoms with Crippen LogP contribution in [0.1, 0.15) is 44.4 Å². The Balaban J connectivity index is 1.79. The van der Waals surface area contributed by atoms with Crippen LogP contribution >= 0.6 is 0 Å². The van der Waals surface area contributed by atoms with Gasteiger partial charge >= 0.3 is 0 Å². The number of rotatable bonds is 11. The van der Waals surface area contributed by atoms with Crippen molar-refractivity contribution in [2.24, 2.45) is 10.9 Å². The van der Waals surface area contributed by atoms with Crippen molar-refractivity contribution in [3.05, 3.63) is 83.4 Å². The molecule has 1 aromatic heterocycles. The molecule has 0 saturated carbocycles. The lowest BCUT2D eigenvalue weighted by Crippen LogP contribution is -2.18. The number of aromatic amines is 1. The molecule has 0 bridgehead atoms. The summed E-state index contributed by atoms with van der Waals surface area (Å²) in [5, 5.41) is 15.3. The van der Waals surface area contributed by atoms with Gasteiger partial charge in [-0.3, -0.25) is 0 Å². The minimum Gasteiger partial charge on any atom is -0.494 e. The van der Waals surface area contributed by atoms with Crippen molar-refractivity contribution >= 4 is 22.3 Å². The van der Waals surface area contributed by atoms with Crippen LogP contribution in [0.5, 0.6) is 17.4 Å². The van der Waals surface area contributed by atoms with Gasteiger partial charge in [0.15, 0.2) is 17.4 Å². The predicted octanol–water partition coefficient (Wildman–Crippen LogP) is 6.59. The van der Waals surface area contributed by atoms with E-state index in [0.29, 0.717) is 41.9 Å². The normalized spacial score (nSPS) is 11.9. The van der Waals surface area contributed by atoms with Crippen LogP contribution in [-0.4, -0.2) is 35.6 Å². The van der Waals surface area contributed by atoms with Crippen molar-refractivity contribution in [2.45, 2.75) is 34.2 Å². The van der Waals surface area contributed by atoms with E-state index in [-0.39, 0.29) is 5.88 Å². The number of H-pyrrole nitrogens is 1. The van der Waals surface area contributed by atoms with Crippen LogP contribution in [0.4, 0.5) is 5.69 Å². The van der Waals surface area contributed by atoms with Crippen LogP contribution in [0.3, 0.4) is 0 Å². The van der Waals surface area contributed by atoms with Crippen molar-refractivity contribution in [2.75, 3.05) is 19.8 Å². The molecule has 4 aromatic rings. The van der Waals surface area contributed by atoms with Crippen molar-refractivity contribution in [3.63, 3.8) is 0 Å². The third kappa shape index (κ3) is 5.89. The van der Waals surface area contributed by atoms with E-state index in [9.17, 15) is 5.11 Å². The molecule has 0 radical (unpaired) electrons. The fraction of sp³-hybridized carbons (Fsp3) is 0.300. The van der Waals surface area contributed by atoms with Crippen molar-refractivity contribution in [1.82, 2.24) is 10.3 Å². The number of ether oxygens (including phenoxy) is 2. The van der Waals surface area contributed by atoms with Gasteiger partial charge < -0.3 is 24.9 Å². The first-order chi connectivity index (χ1) is 17.5. The van der Waals surface area contributed by atoms with Gasteiger partial charge in [-0.05, 0) is 50.1 Å². The largest absolute Gasteiger partial charge is 0.494 e. The Morgan fingerprint density at radius 2 is 1.61 bits per heavy atom. The number of nitrogens with one attached hydrogen (secondary N) is 2. The monoisotopic (exact) mass is 485 g/mol. The van der Waals surface area contributed by atoms with Gasteiger partial charge in [-0.15, -0.1) is 0 Å². The summed E-state index contributed by atoms with van der Waals surface area (Å²) in [6, 6.07) is 21.9. The number of aromatic nitrogens is 1. The number of aromatic hydroxyl groups is 1. The molecule has 3 aromatic carbocycles. The number of nitrogens with zero attached hydrogens (tertiary/aromatic N) is 1. The zero-order valence-electron chi connectivity index (χ0n) is 21.5. The highest BCUT2D eigenvalue weighted by molar-refractivity contribution is 6.22. The summed E-state index contributed by atoms with van der Waals surface area (Å²) in [7, 11) is 0. The molecule has 0 unspecified atom stereocenters. The van der Waals surface area contributed by atoms with Crippen LogP contribution in [0.25, 0.3) is 10.9 Å². The third-order valence-corrected chi connectivity index (χ3v) is 5.79. The Kier molecular flexibility index (Phi) is 8.28. The maximum absolute atomic E-state index is 11.0. The summed E-state index contributed by atoms with van der Waals surface area (Å²) in [6.07, 6.45) is 0. The third-order valence-electron chi connectivity index (χ3n) is 5.79. The Hall–Kier alpha value is -3.77. The van der Waals surface area contributed by atoms with E-state index in [1.807, 2.05) is 68.4 Å². The number of hydrogen-bond donors (Lipinski definition) is 3. The van der Waals surface area contributed by atoms with Gasteiger partial charge in [0.1, 0.15) is 0 Å². The van der Waals surface area contributed by atoms with E-state index in [1.165, 1.54) is 5.56 Å². The number of hydrogen-bond acceptors (Lipinski definition) is 5. The summed E-state index contributed by atoms with van der Waals surface area (Å²) < 4.78 is 11.6. The van der Waals surface area contributed by atoms with Crippen molar-refractivity contribution < 1.29 is 14.6 Å². The molecule has 6 nitrogen and oxygen atoms in total. The molecule has 0 spiro atoms. The van der Waals surface area contributed by atoms with Gasteiger partial charge in [-0.1, -0.05) is 56.3 Å². The lowest BCUT2D eigenvalue weighted by molar-refractivity contribution is 0.288. The zero-order valence-corrected chi connectivity index (χ0v) is 21.5. The van der Waals surface area contributed by atoms with Gasteiger partial charge in [0, 0.05) is 23.6 Å². The smallest absolute Gasteiger partial charge is 0.199 e. The number of benzene rings is 3. The maximum atomic E-state index is 11.0. The molecule has 0 amide bonds. The van der Waals surface area contributed by atoms with Crippen LogP contribution in [0.2, 0.25) is 0 Å². The summed E-state index contributed by atoms with van der Waals surface area (Å²) >= 11 is 0. The highest BCUT2D eigenvalue weighted by atomic mass is 16.5. The molecule has 0 saturated heterocycles. The average molecular weight is 486 g/mol. The van der Waals surface area contributed by atoms with Gasteiger partial charge in [-0.25, -0.2) is 4.99 Å². The van der Waals surface area contributed by atoms with E-state index in [2.05, 4.69) is 36.3 Å². The Labute approximate surface area is 213 Å². The van der Waals surface area contributed by atoms with Crippen LogP contribution < -0.4 is 14.8 Å². The van der Waals surface area contributed by atoms with Gasteiger partial charge in [0.05, 0.1) is 35.7 Å². The van der Waals surface area contributed by atoms with Crippen LogP contribution in [0.15, 0.2) is 71.7 Å². The minimum atomic E-state index is 0.0539. The molecule has 188 valence electrons. The first kappa shape index (κ1) is 25.3. The molecule has 0 fully saturated rings. The average Bonchev–Trinajstić information content (AvgIpc) is 3.18. The fourth-order valence-electron chi connectivity index (χ4n) is 4.15. The molecule has 0 aliphatic rings. The van der Waals surface area contributed by atoms with Gasteiger partial charge in [-0.2, -0.15) is 0 Å². The molecular formula is C30H35N3O3. The number of aliphatic imine (C=N–C) groups is 1. The molecular weight excluding hydrogens is 450 g/mol. The van der Waals surface area contributed by atoms with Crippen LogP contribution in [0, 0.1) is 5.92 Å². The first-order valence-corrected chi connectivity index (χ1v) is 12.6. The molecule has 6 heteroatoms. The topological polar surface area (TPSA) is 78.9 Å². The highest BCUT2D eigenvalue weighted by Gasteiger charge is 2.21. The number of fused-ring (bicyclic) bond motifs is 1. The maximum Gasteiger partial charge on any atom is 0.199 e. The van der Waals surface area contributed by atoms with Gasteiger partial charge in [0.2, 0.25) is 0 Å². The molecule has 4 rings (SSSR count). The minimum absolute atomic E-state index is 0.0539. The summed E-state index contributed by atoms with van der Waals surface area (Å²) in [4.78, 5) is 8.11. The highest BCUT2D eigenvalue weighted by Crippen LogP contribution is 2.38. The van der Waals surface area contributed by atoms with E-state index in [0.717, 1.165) is 35.2 Å². The van der Waals surface area contributed by atoms with E-state index in [1.54, 1.807) is 0 Å². The summed E-state index contributed by atoms with van der Waals surface area (Å²) in [6.45, 7) is 11.1. The summed E-state index contributed by atoms with van der Waals surface area (Å²) in [5.41, 5.74) is 4.98. The quantitative estimate of drug-likeness (QED) is 0.210.